The molecule has 1 rings (SSSR count). The summed E-state index contributed by atoms with van der Waals surface area (Å²) >= 11 is 5.82. The standard InChI is InChI=1S/C13H18ClNO2/c1-3-15(10-13(16)17-4-2)9-11-5-7-12(14)8-6-11/h5-8H,3-4,9-10H2,1-2H3. The number of hydrogen-bond donors (Lipinski definition) is 0. The van der Waals surface area contributed by atoms with Gasteiger partial charge in [-0.05, 0) is 31.2 Å². The number of carbonyl (C=O) groups is 1. The van der Waals surface area contributed by atoms with E-state index in [1.807, 2.05) is 43.0 Å². The molecule has 1 aromatic rings. The van der Waals surface area contributed by atoms with Gasteiger partial charge in [-0.1, -0.05) is 30.7 Å². The highest BCUT2D eigenvalue weighted by molar-refractivity contribution is 6.30. The van der Waals surface area contributed by atoms with Gasteiger partial charge < -0.3 is 4.74 Å². The van der Waals surface area contributed by atoms with Crippen LogP contribution in [0.25, 0.3) is 0 Å². The van der Waals surface area contributed by atoms with Gasteiger partial charge in [0.05, 0.1) is 13.2 Å². The second-order valence-electron chi connectivity index (χ2n) is 3.73. The summed E-state index contributed by atoms with van der Waals surface area (Å²) < 4.78 is 4.93. The van der Waals surface area contributed by atoms with E-state index in [4.69, 9.17) is 16.3 Å². The molecule has 0 aliphatic carbocycles. The zero-order valence-corrected chi connectivity index (χ0v) is 11.0. The fraction of sp³-hybridized carbons (Fsp3) is 0.462. The Morgan fingerprint density at radius 3 is 2.47 bits per heavy atom. The molecule has 0 atom stereocenters. The molecule has 0 N–H and O–H groups in total. The molecule has 0 heterocycles. The van der Waals surface area contributed by atoms with Crippen molar-refractivity contribution in [2.75, 3.05) is 19.7 Å². The molecule has 0 amide bonds. The fourth-order valence-corrected chi connectivity index (χ4v) is 1.64. The van der Waals surface area contributed by atoms with Crippen LogP contribution in [0.15, 0.2) is 24.3 Å². The van der Waals surface area contributed by atoms with Gasteiger partial charge in [0.2, 0.25) is 0 Å². The normalized spacial score (nSPS) is 10.6. The molecular formula is C13H18ClNO2. The van der Waals surface area contributed by atoms with E-state index >= 15 is 0 Å². The molecule has 0 aliphatic rings. The first kappa shape index (κ1) is 14.0. The van der Waals surface area contributed by atoms with Gasteiger partial charge in [-0.25, -0.2) is 0 Å². The number of rotatable bonds is 6. The Balaban J connectivity index is 2.51. The fourth-order valence-electron chi connectivity index (χ4n) is 1.52. The van der Waals surface area contributed by atoms with E-state index in [9.17, 15) is 4.79 Å². The van der Waals surface area contributed by atoms with E-state index in [2.05, 4.69) is 0 Å². The van der Waals surface area contributed by atoms with Crippen molar-refractivity contribution in [2.24, 2.45) is 0 Å². The number of carbonyl (C=O) groups excluding carboxylic acids is 1. The van der Waals surface area contributed by atoms with Crippen molar-refractivity contribution in [2.45, 2.75) is 20.4 Å². The van der Waals surface area contributed by atoms with Crippen LogP contribution >= 0.6 is 11.6 Å². The molecule has 3 nitrogen and oxygen atoms in total. The number of hydrogen-bond acceptors (Lipinski definition) is 3. The van der Waals surface area contributed by atoms with E-state index in [0.717, 1.165) is 23.7 Å². The molecule has 0 aromatic heterocycles. The van der Waals surface area contributed by atoms with Crippen molar-refractivity contribution >= 4 is 17.6 Å². The highest BCUT2D eigenvalue weighted by atomic mass is 35.5. The van der Waals surface area contributed by atoms with Crippen molar-refractivity contribution in [3.05, 3.63) is 34.9 Å². The average Bonchev–Trinajstić information content (AvgIpc) is 2.31. The maximum Gasteiger partial charge on any atom is 0.320 e. The van der Waals surface area contributed by atoms with Crippen molar-refractivity contribution in [3.8, 4) is 0 Å². The van der Waals surface area contributed by atoms with Crippen LogP contribution in [-0.4, -0.2) is 30.6 Å². The molecular weight excluding hydrogens is 238 g/mol. The van der Waals surface area contributed by atoms with Crippen LogP contribution in [0.1, 0.15) is 19.4 Å². The quantitative estimate of drug-likeness (QED) is 0.732. The van der Waals surface area contributed by atoms with Crippen molar-refractivity contribution in [1.82, 2.24) is 4.90 Å². The predicted octanol–water partition coefficient (Wildman–Crippen LogP) is 2.73. The summed E-state index contributed by atoms with van der Waals surface area (Å²) in [5.41, 5.74) is 1.14. The van der Waals surface area contributed by atoms with Gasteiger partial charge in [-0.2, -0.15) is 0 Å². The second kappa shape index (κ2) is 7.30. The van der Waals surface area contributed by atoms with Gasteiger partial charge in [0, 0.05) is 11.6 Å². The third-order valence-corrected chi connectivity index (χ3v) is 2.68. The lowest BCUT2D eigenvalue weighted by Crippen LogP contribution is -2.30. The van der Waals surface area contributed by atoms with Crippen LogP contribution in [0.3, 0.4) is 0 Å². The smallest absolute Gasteiger partial charge is 0.320 e. The maximum absolute atomic E-state index is 11.4. The van der Waals surface area contributed by atoms with E-state index < -0.39 is 0 Å². The van der Waals surface area contributed by atoms with Crippen LogP contribution in [0.2, 0.25) is 5.02 Å². The molecule has 0 unspecified atom stereocenters. The molecule has 0 saturated carbocycles. The third-order valence-electron chi connectivity index (χ3n) is 2.42. The van der Waals surface area contributed by atoms with Crippen molar-refractivity contribution in [1.29, 1.82) is 0 Å². The Morgan fingerprint density at radius 2 is 1.94 bits per heavy atom. The van der Waals surface area contributed by atoms with Gasteiger partial charge >= 0.3 is 5.97 Å². The first-order valence-electron chi connectivity index (χ1n) is 5.78. The number of halogens is 1. The topological polar surface area (TPSA) is 29.5 Å². The van der Waals surface area contributed by atoms with Crippen LogP contribution < -0.4 is 0 Å². The molecule has 0 radical (unpaired) electrons. The molecule has 0 fully saturated rings. The predicted molar refractivity (Wildman–Crippen MR) is 69.0 cm³/mol. The Hall–Kier alpha value is -1.06. The lowest BCUT2D eigenvalue weighted by atomic mass is 10.2. The number of nitrogens with zero attached hydrogens (tertiary/aromatic N) is 1. The number of likely N-dealkylation sites (N-methyl/N-ethyl adjacent to an activating group) is 1. The van der Waals surface area contributed by atoms with Gasteiger partial charge in [-0.3, -0.25) is 9.69 Å². The average molecular weight is 256 g/mol. The van der Waals surface area contributed by atoms with Crippen molar-refractivity contribution < 1.29 is 9.53 Å². The molecule has 0 bridgehead atoms. The largest absolute Gasteiger partial charge is 0.465 e. The summed E-state index contributed by atoms with van der Waals surface area (Å²) in [6, 6.07) is 7.65. The van der Waals surface area contributed by atoms with Crippen LogP contribution in [0.4, 0.5) is 0 Å². The maximum atomic E-state index is 11.4. The molecule has 94 valence electrons. The van der Waals surface area contributed by atoms with E-state index in [1.165, 1.54) is 0 Å². The van der Waals surface area contributed by atoms with Gasteiger partial charge in [0.1, 0.15) is 0 Å². The first-order valence-corrected chi connectivity index (χ1v) is 6.16. The Morgan fingerprint density at radius 1 is 1.29 bits per heavy atom. The Bertz CT molecular complexity index is 351. The summed E-state index contributed by atoms with van der Waals surface area (Å²) in [7, 11) is 0. The van der Waals surface area contributed by atoms with E-state index in [-0.39, 0.29) is 5.97 Å². The van der Waals surface area contributed by atoms with Crippen LogP contribution in [0.5, 0.6) is 0 Å². The summed E-state index contributed by atoms with van der Waals surface area (Å²) in [6.45, 7) is 6.13. The SMILES string of the molecule is CCOC(=O)CN(CC)Cc1ccc(Cl)cc1. The zero-order chi connectivity index (χ0) is 12.7. The van der Waals surface area contributed by atoms with Crippen LogP contribution in [-0.2, 0) is 16.1 Å². The number of benzene rings is 1. The molecule has 1 aromatic carbocycles. The summed E-state index contributed by atoms with van der Waals surface area (Å²) in [6.07, 6.45) is 0. The van der Waals surface area contributed by atoms with E-state index in [0.29, 0.717) is 13.2 Å². The van der Waals surface area contributed by atoms with E-state index in [1.54, 1.807) is 0 Å². The zero-order valence-electron chi connectivity index (χ0n) is 10.3. The monoisotopic (exact) mass is 255 g/mol. The lowest BCUT2D eigenvalue weighted by Gasteiger charge is -2.19. The van der Waals surface area contributed by atoms with Crippen LogP contribution in [0, 0.1) is 0 Å². The van der Waals surface area contributed by atoms with Gasteiger partial charge in [0.25, 0.3) is 0 Å². The highest BCUT2D eigenvalue weighted by Gasteiger charge is 2.10. The summed E-state index contributed by atoms with van der Waals surface area (Å²) in [4.78, 5) is 13.4. The molecule has 0 spiro atoms. The van der Waals surface area contributed by atoms with Gasteiger partial charge in [-0.15, -0.1) is 0 Å². The molecule has 17 heavy (non-hydrogen) atoms. The molecule has 0 saturated heterocycles. The van der Waals surface area contributed by atoms with Gasteiger partial charge in [0.15, 0.2) is 0 Å². The summed E-state index contributed by atoms with van der Waals surface area (Å²) in [5, 5.41) is 0.724. The first-order chi connectivity index (χ1) is 8.15. The second-order valence-corrected chi connectivity index (χ2v) is 4.17. The minimum Gasteiger partial charge on any atom is -0.465 e. The molecule has 4 heteroatoms. The lowest BCUT2D eigenvalue weighted by molar-refractivity contribution is -0.144. The third kappa shape index (κ3) is 5.20. The highest BCUT2D eigenvalue weighted by Crippen LogP contribution is 2.11. The summed E-state index contributed by atoms with van der Waals surface area (Å²) in [5.74, 6) is -0.177. The minimum atomic E-state index is -0.177. The Labute approximate surface area is 107 Å². The number of esters is 1. The number of ether oxygens (including phenoxy) is 1. The Kier molecular flexibility index (Phi) is 6.01. The van der Waals surface area contributed by atoms with Crippen molar-refractivity contribution in [3.63, 3.8) is 0 Å². The molecule has 0 aliphatic heterocycles. The minimum absolute atomic E-state index is 0.177.